The van der Waals surface area contributed by atoms with E-state index in [9.17, 15) is 4.79 Å². The van der Waals surface area contributed by atoms with Gasteiger partial charge >= 0.3 is 0 Å². The van der Waals surface area contributed by atoms with Crippen LogP contribution in [0.15, 0.2) is 77.1 Å². The SMILES string of the molecule is CC12CCC3c4ccc(OCC5=CCCC=C5)cc4CCC3C1Cc1c2n(CCc2ccccc2)[nH]c1=O. The first-order valence-electron chi connectivity index (χ1n) is 14.6. The van der Waals surface area contributed by atoms with E-state index in [2.05, 4.69) is 83.5 Å². The quantitative estimate of drug-likeness (QED) is 0.407. The van der Waals surface area contributed by atoms with Crippen molar-refractivity contribution >= 4 is 0 Å². The van der Waals surface area contributed by atoms with Crippen LogP contribution < -0.4 is 10.3 Å². The van der Waals surface area contributed by atoms with Gasteiger partial charge in [0.2, 0.25) is 0 Å². The lowest BCUT2D eigenvalue weighted by molar-refractivity contribution is 0.0996. The van der Waals surface area contributed by atoms with Crippen molar-refractivity contribution in [1.29, 1.82) is 0 Å². The van der Waals surface area contributed by atoms with Gasteiger partial charge in [-0.2, -0.15) is 0 Å². The molecule has 1 aromatic heterocycles. The molecule has 2 aromatic carbocycles. The number of ether oxygens (including phenoxy) is 1. The van der Waals surface area contributed by atoms with E-state index in [0.29, 0.717) is 24.4 Å². The van der Waals surface area contributed by atoms with Crippen LogP contribution in [0.2, 0.25) is 0 Å². The Morgan fingerprint density at radius 1 is 1.11 bits per heavy atom. The maximum absolute atomic E-state index is 13.1. The Balaban J connectivity index is 1.10. The lowest BCUT2D eigenvalue weighted by Crippen LogP contribution is -2.44. The standard InChI is InChI=1S/C34H38N2O2/c1-34-18-16-28-27-15-13-26(38-22-24-10-6-3-7-11-24)20-25(27)12-14-29(28)31(34)21-30-32(34)36(35-33(30)37)19-17-23-8-4-2-5-9-23/h2,4-6,8-11,13,15,20,28-29,31H,3,7,12,14,16-19,21-22H2,1H3,(H,35,37). The topological polar surface area (TPSA) is 47.0 Å². The van der Waals surface area contributed by atoms with E-state index in [1.165, 1.54) is 40.8 Å². The number of rotatable bonds is 6. The first kappa shape index (κ1) is 23.8. The molecule has 4 nitrogen and oxygen atoms in total. The predicted molar refractivity (Wildman–Crippen MR) is 152 cm³/mol. The van der Waals surface area contributed by atoms with Crippen molar-refractivity contribution in [3.05, 3.63) is 111 Å². The van der Waals surface area contributed by atoms with Gasteiger partial charge in [-0.15, -0.1) is 0 Å². The highest BCUT2D eigenvalue weighted by atomic mass is 16.5. The molecule has 196 valence electrons. The number of fused-ring (bicyclic) bond motifs is 7. The lowest BCUT2D eigenvalue weighted by Gasteiger charge is -2.49. The first-order valence-corrected chi connectivity index (χ1v) is 14.6. The van der Waals surface area contributed by atoms with Crippen molar-refractivity contribution in [2.75, 3.05) is 6.61 Å². The zero-order valence-electron chi connectivity index (χ0n) is 22.4. The fourth-order valence-corrected chi connectivity index (χ4v) is 8.21. The molecule has 4 heteroatoms. The normalized spacial score (nSPS) is 27.2. The molecule has 1 N–H and O–H groups in total. The van der Waals surface area contributed by atoms with Crippen molar-refractivity contribution < 1.29 is 4.74 Å². The van der Waals surface area contributed by atoms with E-state index in [-0.39, 0.29) is 11.0 Å². The molecule has 0 radical (unpaired) electrons. The molecule has 7 rings (SSSR count). The van der Waals surface area contributed by atoms with Gasteiger partial charge in [0.15, 0.2) is 0 Å². The van der Waals surface area contributed by atoms with Gasteiger partial charge in [0, 0.05) is 23.2 Å². The average molecular weight is 507 g/mol. The summed E-state index contributed by atoms with van der Waals surface area (Å²) in [6.07, 6.45) is 15.5. The van der Waals surface area contributed by atoms with Gasteiger partial charge in [0.1, 0.15) is 12.4 Å². The molecule has 4 aliphatic rings. The van der Waals surface area contributed by atoms with Gasteiger partial charge in [-0.25, -0.2) is 0 Å². The highest BCUT2D eigenvalue weighted by Crippen LogP contribution is 2.59. The average Bonchev–Trinajstić information content (AvgIpc) is 3.45. The third kappa shape index (κ3) is 4.00. The second kappa shape index (κ2) is 9.48. The number of hydrogen-bond acceptors (Lipinski definition) is 2. The van der Waals surface area contributed by atoms with Crippen molar-refractivity contribution in [1.82, 2.24) is 9.78 Å². The second-order valence-electron chi connectivity index (χ2n) is 12.1. The van der Waals surface area contributed by atoms with Crippen LogP contribution in [-0.4, -0.2) is 16.4 Å². The van der Waals surface area contributed by atoms with Gasteiger partial charge in [0.25, 0.3) is 5.56 Å². The lowest BCUT2D eigenvalue weighted by atomic mass is 9.55. The molecule has 38 heavy (non-hydrogen) atoms. The van der Waals surface area contributed by atoms with Crippen LogP contribution in [0.1, 0.15) is 72.9 Å². The summed E-state index contributed by atoms with van der Waals surface area (Å²) in [6.45, 7) is 3.94. The van der Waals surface area contributed by atoms with E-state index >= 15 is 0 Å². The molecule has 1 saturated carbocycles. The third-order valence-corrected chi connectivity index (χ3v) is 10.1. The number of nitrogens with one attached hydrogen (secondary N) is 1. The van der Waals surface area contributed by atoms with Crippen LogP contribution in [0.4, 0.5) is 0 Å². The van der Waals surface area contributed by atoms with E-state index in [0.717, 1.165) is 56.4 Å². The monoisotopic (exact) mass is 506 g/mol. The Morgan fingerprint density at radius 2 is 2.00 bits per heavy atom. The van der Waals surface area contributed by atoms with Crippen LogP contribution in [0, 0.1) is 11.8 Å². The van der Waals surface area contributed by atoms with Crippen LogP contribution >= 0.6 is 0 Å². The molecule has 0 bridgehead atoms. The van der Waals surface area contributed by atoms with Gasteiger partial charge in [-0.05, 0) is 104 Å². The minimum absolute atomic E-state index is 0.0775. The molecule has 1 heterocycles. The fourth-order valence-electron chi connectivity index (χ4n) is 8.21. The predicted octanol–water partition coefficient (Wildman–Crippen LogP) is 6.64. The van der Waals surface area contributed by atoms with Crippen molar-refractivity contribution in [2.45, 2.75) is 76.2 Å². The molecule has 0 spiro atoms. The largest absolute Gasteiger partial charge is 0.489 e. The molecular formula is C34H38N2O2. The number of H-pyrrole nitrogens is 1. The van der Waals surface area contributed by atoms with Crippen LogP contribution in [-0.2, 0) is 31.2 Å². The van der Waals surface area contributed by atoms with Gasteiger partial charge in [-0.1, -0.05) is 61.5 Å². The summed E-state index contributed by atoms with van der Waals surface area (Å²) in [7, 11) is 0. The van der Waals surface area contributed by atoms with Crippen LogP contribution in [0.5, 0.6) is 5.75 Å². The number of allylic oxidation sites excluding steroid dienone is 2. The molecule has 4 atom stereocenters. The first-order chi connectivity index (χ1) is 18.6. The Labute approximate surface area is 225 Å². The molecule has 4 unspecified atom stereocenters. The van der Waals surface area contributed by atoms with Crippen molar-refractivity contribution in [3.8, 4) is 5.75 Å². The molecular weight excluding hydrogens is 468 g/mol. The number of hydrogen-bond donors (Lipinski definition) is 1. The van der Waals surface area contributed by atoms with E-state index in [4.69, 9.17) is 4.74 Å². The molecule has 3 aromatic rings. The molecule has 0 saturated heterocycles. The highest BCUT2D eigenvalue weighted by Gasteiger charge is 2.55. The zero-order chi connectivity index (χ0) is 25.7. The Hall–Kier alpha value is -3.27. The van der Waals surface area contributed by atoms with Crippen LogP contribution in [0.25, 0.3) is 0 Å². The summed E-state index contributed by atoms with van der Waals surface area (Å²) in [6, 6.07) is 17.5. The Morgan fingerprint density at radius 3 is 2.84 bits per heavy atom. The summed E-state index contributed by atoms with van der Waals surface area (Å²) in [5.41, 5.74) is 8.19. The van der Waals surface area contributed by atoms with Gasteiger partial charge < -0.3 is 4.74 Å². The summed E-state index contributed by atoms with van der Waals surface area (Å²) in [5, 5.41) is 3.21. The van der Waals surface area contributed by atoms with Crippen molar-refractivity contribution in [3.63, 3.8) is 0 Å². The number of benzene rings is 2. The maximum Gasteiger partial charge on any atom is 0.267 e. The Bertz CT molecular complexity index is 1460. The fraction of sp³-hybridized carbons (Fsp3) is 0.441. The minimum Gasteiger partial charge on any atom is -0.489 e. The summed E-state index contributed by atoms with van der Waals surface area (Å²) in [4.78, 5) is 13.1. The number of nitrogens with zero attached hydrogens (tertiary/aromatic N) is 1. The summed E-state index contributed by atoms with van der Waals surface area (Å²) < 4.78 is 8.40. The van der Waals surface area contributed by atoms with E-state index < -0.39 is 0 Å². The van der Waals surface area contributed by atoms with E-state index in [1.807, 2.05) is 0 Å². The smallest absolute Gasteiger partial charge is 0.267 e. The maximum atomic E-state index is 13.1. The molecule has 0 aliphatic heterocycles. The summed E-state index contributed by atoms with van der Waals surface area (Å²) in [5.74, 6) is 2.77. The minimum atomic E-state index is 0.0775. The molecule has 0 amide bonds. The van der Waals surface area contributed by atoms with Crippen molar-refractivity contribution in [2.24, 2.45) is 11.8 Å². The third-order valence-electron chi connectivity index (χ3n) is 10.1. The molecule has 1 fully saturated rings. The Kier molecular flexibility index (Phi) is 5.94. The highest BCUT2D eigenvalue weighted by molar-refractivity contribution is 5.44. The number of aromatic nitrogens is 2. The van der Waals surface area contributed by atoms with Gasteiger partial charge in [0.05, 0.1) is 0 Å². The number of aryl methyl sites for hydroxylation is 3. The van der Waals surface area contributed by atoms with Crippen LogP contribution in [0.3, 0.4) is 0 Å². The molecule has 4 aliphatic carbocycles. The zero-order valence-corrected chi connectivity index (χ0v) is 22.4. The van der Waals surface area contributed by atoms with E-state index in [1.54, 1.807) is 0 Å². The number of aromatic amines is 1. The van der Waals surface area contributed by atoms with Gasteiger partial charge in [-0.3, -0.25) is 14.6 Å². The second-order valence-corrected chi connectivity index (χ2v) is 12.1. The summed E-state index contributed by atoms with van der Waals surface area (Å²) >= 11 is 0.